The van der Waals surface area contributed by atoms with Crippen LogP contribution in [0.5, 0.6) is 0 Å². The molecule has 19 heavy (non-hydrogen) atoms. The van der Waals surface area contributed by atoms with Gasteiger partial charge in [0.25, 0.3) is 0 Å². The molecule has 2 unspecified atom stereocenters. The molecule has 0 amide bonds. The normalized spacial score (nSPS) is 20.1. The highest BCUT2D eigenvalue weighted by molar-refractivity contribution is 7.10. The molecular weight excluding hydrogens is 264 g/mol. The molecular formula is C15H15F2NS. The Bertz CT molecular complexity index is 573. The van der Waals surface area contributed by atoms with Crippen molar-refractivity contribution >= 4 is 11.3 Å². The van der Waals surface area contributed by atoms with E-state index in [2.05, 4.69) is 11.4 Å². The van der Waals surface area contributed by atoms with Gasteiger partial charge in [-0.05, 0) is 54.0 Å². The number of halogens is 2. The van der Waals surface area contributed by atoms with Crippen molar-refractivity contribution in [2.75, 3.05) is 0 Å². The topological polar surface area (TPSA) is 26.0 Å². The number of rotatable bonds is 2. The Kier molecular flexibility index (Phi) is 3.37. The van der Waals surface area contributed by atoms with Crippen molar-refractivity contribution in [3.8, 4) is 0 Å². The zero-order valence-corrected chi connectivity index (χ0v) is 11.2. The quantitative estimate of drug-likeness (QED) is 0.878. The van der Waals surface area contributed by atoms with Gasteiger partial charge in [-0.3, -0.25) is 0 Å². The van der Waals surface area contributed by atoms with Crippen molar-refractivity contribution in [1.82, 2.24) is 0 Å². The summed E-state index contributed by atoms with van der Waals surface area (Å²) in [5.41, 5.74) is 8.05. The number of hydrogen-bond acceptors (Lipinski definition) is 2. The Balaban J connectivity index is 1.95. The van der Waals surface area contributed by atoms with Crippen LogP contribution in [0.15, 0.2) is 29.6 Å². The lowest BCUT2D eigenvalue weighted by Gasteiger charge is -2.28. The van der Waals surface area contributed by atoms with Gasteiger partial charge in [-0.2, -0.15) is 0 Å². The molecule has 0 aliphatic heterocycles. The predicted octanol–water partition coefficient (Wildman–Crippen LogP) is 4.15. The molecule has 1 aliphatic carbocycles. The summed E-state index contributed by atoms with van der Waals surface area (Å²) in [6.07, 6.45) is 3.15. The van der Waals surface area contributed by atoms with Crippen LogP contribution in [0, 0.1) is 11.6 Å². The van der Waals surface area contributed by atoms with Gasteiger partial charge in [0, 0.05) is 22.9 Å². The van der Waals surface area contributed by atoms with Crippen LogP contribution < -0.4 is 5.73 Å². The van der Waals surface area contributed by atoms with E-state index in [0.29, 0.717) is 5.56 Å². The van der Waals surface area contributed by atoms with Gasteiger partial charge in [0.2, 0.25) is 0 Å². The number of hydrogen-bond donors (Lipinski definition) is 1. The number of fused-ring (bicyclic) bond motifs is 1. The molecule has 1 aromatic carbocycles. The van der Waals surface area contributed by atoms with Crippen LogP contribution in [0.1, 0.15) is 40.8 Å². The zero-order chi connectivity index (χ0) is 13.4. The van der Waals surface area contributed by atoms with E-state index in [1.54, 1.807) is 11.3 Å². The van der Waals surface area contributed by atoms with E-state index < -0.39 is 11.6 Å². The van der Waals surface area contributed by atoms with Gasteiger partial charge >= 0.3 is 0 Å². The summed E-state index contributed by atoms with van der Waals surface area (Å²) < 4.78 is 26.6. The standard InChI is InChI=1S/C15H15F2NS/c16-10-6-9(7-11(17)8-10)15(18)13-2-1-3-14-12(13)4-5-19-14/h4-8,13,15H,1-3,18H2. The molecule has 0 saturated heterocycles. The van der Waals surface area contributed by atoms with Crippen LogP contribution in [-0.2, 0) is 6.42 Å². The number of thiophene rings is 1. The fourth-order valence-electron chi connectivity index (χ4n) is 2.90. The Morgan fingerprint density at radius 1 is 1.21 bits per heavy atom. The summed E-state index contributed by atoms with van der Waals surface area (Å²) in [6, 6.07) is 5.31. The summed E-state index contributed by atoms with van der Waals surface area (Å²) >= 11 is 1.74. The van der Waals surface area contributed by atoms with Gasteiger partial charge in [-0.25, -0.2) is 8.78 Å². The van der Waals surface area contributed by atoms with Crippen molar-refractivity contribution in [2.45, 2.75) is 31.2 Å². The van der Waals surface area contributed by atoms with Crippen LogP contribution in [0.2, 0.25) is 0 Å². The molecule has 1 heterocycles. The SMILES string of the molecule is NC(c1cc(F)cc(F)c1)C1CCCc2sccc21. The van der Waals surface area contributed by atoms with Gasteiger partial charge in [0.1, 0.15) is 11.6 Å². The van der Waals surface area contributed by atoms with Crippen molar-refractivity contribution in [3.05, 3.63) is 57.3 Å². The third-order valence-corrected chi connectivity index (χ3v) is 4.80. The highest BCUT2D eigenvalue weighted by Gasteiger charge is 2.27. The first-order chi connectivity index (χ1) is 9.15. The number of nitrogens with two attached hydrogens (primary N) is 1. The molecule has 2 aromatic rings. The fraction of sp³-hybridized carbons (Fsp3) is 0.333. The lowest BCUT2D eigenvalue weighted by atomic mass is 9.80. The zero-order valence-electron chi connectivity index (χ0n) is 10.4. The fourth-order valence-corrected chi connectivity index (χ4v) is 3.89. The summed E-state index contributed by atoms with van der Waals surface area (Å²) in [7, 11) is 0. The maximum absolute atomic E-state index is 13.3. The molecule has 1 nitrogen and oxygen atoms in total. The van der Waals surface area contributed by atoms with Crippen molar-refractivity contribution < 1.29 is 8.78 Å². The maximum Gasteiger partial charge on any atom is 0.126 e. The Labute approximate surface area is 115 Å². The minimum Gasteiger partial charge on any atom is -0.323 e. The molecule has 2 N–H and O–H groups in total. The average molecular weight is 279 g/mol. The van der Waals surface area contributed by atoms with Gasteiger partial charge in [0.05, 0.1) is 0 Å². The lowest BCUT2D eigenvalue weighted by Crippen LogP contribution is -2.23. The first-order valence-corrected chi connectivity index (χ1v) is 7.31. The third kappa shape index (κ3) is 2.42. The van der Waals surface area contributed by atoms with E-state index >= 15 is 0 Å². The molecule has 2 atom stereocenters. The molecule has 0 saturated carbocycles. The van der Waals surface area contributed by atoms with Gasteiger partial charge in [0.15, 0.2) is 0 Å². The Morgan fingerprint density at radius 3 is 2.68 bits per heavy atom. The molecule has 4 heteroatoms. The lowest BCUT2D eigenvalue weighted by molar-refractivity contribution is 0.473. The highest BCUT2D eigenvalue weighted by atomic mass is 32.1. The van der Waals surface area contributed by atoms with Crippen LogP contribution in [0.25, 0.3) is 0 Å². The second-order valence-electron chi connectivity index (χ2n) is 5.03. The monoisotopic (exact) mass is 279 g/mol. The van der Waals surface area contributed by atoms with Gasteiger partial charge in [-0.1, -0.05) is 0 Å². The Morgan fingerprint density at radius 2 is 1.95 bits per heavy atom. The summed E-state index contributed by atoms with van der Waals surface area (Å²) in [6.45, 7) is 0. The maximum atomic E-state index is 13.3. The van der Waals surface area contributed by atoms with Crippen LogP contribution >= 0.6 is 11.3 Å². The molecule has 100 valence electrons. The van der Waals surface area contributed by atoms with Crippen LogP contribution in [-0.4, -0.2) is 0 Å². The molecule has 0 radical (unpaired) electrons. The van der Waals surface area contributed by atoms with E-state index in [1.165, 1.54) is 22.6 Å². The van der Waals surface area contributed by atoms with E-state index in [4.69, 9.17) is 5.73 Å². The second kappa shape index (κ2) is 5.02. The van der Waals surface area contributed by atoms with Crippen molar-refractivity contribution in [2.24, 2.45) is 5.73 Å². The van der Waals surface area contributed by atoms with Gasteiger partial charge < -0.3 is 5.73 Å². The van der Waals surface area contributed by atoms with Crippen LogP contribution in [0.3, 0.4) is 0 Å². The molecule has 3 rings (SSSR count). The van der Waals surface area contributed by atoms with Crippen LogP contribution in [0.4, 0.5) is 8.78 Å². The summed E-state index contributed by atoms with van der Waals surface area (Å²) in [4.78, 5) is 1.36. The minimum atomic E-state index is -0.563. The predicted molar refractivity (Wildman–Crippen MR) is 73.3 cm³/mol. The van der Waals surface area contributed by atoms with Crippen molar-refractivity contribution in [3.63, 3.8) is 0 Å². The summed E-state index contributed by atoms with van der Waals surface area (Å²) in [5.74, 6) is -0.963. The molecule has 0 bridgehead atoms. The smallest absolute Gasteiger partial charge is 0.126 e. The second-order valence-corrected chi connectivity index (χ2v) is 6.03. The minimum absolute atomic E-state index is 0.163. The molecule has 0 spiro atoms. The average Bonchev–Trinajstić information content (AvgIpc) is 2.84. The van der Waals surface area contributed by atoms with E-state index in [1.807, 2.05) is 0 Å². The van der Waals surface area contributed by atoms with Gasteiger partial charge in [-0.15, -0.1) is 11.3 Å². The molecule has 1 aromatic heterocycles. The largest absolute Gasteiger partial charge is 0.323 e. The Hall–Kier alpha value is -1.26. The summed E-state index contributed by atoms with van der Waals surface area (Å²) in [5, 5.41) is 2.07. The van der Waals surface area contributed by atoms with Crippen molar-refractivity contribution in [1.29, 1.82) is 0 Å². The van der Waals surface area contributed by atoms with E-state index in [-0.39, 0.29) is 12.0 Å². The van der Waals surface area contributed by atoms with E-state index in [0.717, 1.165) is 25.3 Å². The molecule has 0 fully saturated rings. The number of benzene rings is 1. The first-order valence-electron chi connectivity index (χ1n) is 6.43. The number of aryl methyl sites for hydroxylation is 1. The third-order valence-electron chi connectivity index (χ3n) is 3.80. The highest BCUT2D eigenvalue weighted by Crippen LogP contribution is 2.41. The van der Waals surface area contributed by atoms with E-state index in [9.17, 15) is 8.78 Å². The molecule has 1 aliphatic rings. The first kappa shape index (κ1) is 12.8.